The van der Waals surface area contributed by atoms with Gasteiger partial charge in [0.15, 0.2) is 0 Å². The maximum absolute atomic E-state index is 11.0. The van der Waals surface area contributed by atoms with Gasteiger partial charge >= 0.3 is 0 Å². The van der Waals surface area contributed by atoms with E-state index >= 15 is 0 Å². The van der Waals surface area contributed by atoms with Gasteiger partial charge in [-0.1, -0.05) is 0 Å². The number of hydrogen-bond donors (Lipinski definition) is 1. The number of pyridine rings is 1. The number of halogens is 1. The smallest absolute Gasteiger partial charge is 0.217 e. The molecule has 0 spiro atoms. The van der Waals surface area contributed by atoms with Gasteiger partial charge in [0.25, 0.3) is 0 Å². The molecule has 1 aliphatic heterocycles. The maximum Gasteiger partial charge on any atom is 0.217 e. The van der Waals surface area contributed by atoms with Gasteiger partial charge in [0.05, 0.1) is 4.47 Å². The summed E-state index contributed by atoms with van der Waals surface area (Å²) < 4.78 is 1.07. The molecule has 1 fully saturated rings. The fourth-order valence-corrected chi connectivity index (χ4v) is 3.10. The van der Waals surface area contributed by atoms with Crippen molar-refractivity contribution in [2.45, 2.75) is 32.6 Å². The number of nitrogens with zero attached hydrogens (tertiary/aromatic N) is 2. The van der Waals surface area contributed by atoms with Crippen LogP contribution in [0.15, 0.2) is 16.7 Å². The molecule has 1 saturated heterocycles. The van der Waals surface area contributed by atoms with E-state index in [2.05, 4.69) is 32.7 Å². The summed E-state index contributed by atoms with van der Waals surface area (Å²) >= 11 is 3.62. The summed E-state index contributed by atoms with van der Waals surface area (Å²) in [7, 11) is 0. The Kier molecular flexibility index (Phi) is 4.80. The van der Waals surface area contributed by atoms with Crippen LogP contribution in [0.1, 0.15) is 31.2 Å². The van der Waals surface area contributed by atoms with Gasteiger partial charge in [-0.05, 0) is 59.7 Å². The average Bonchev–Trinajstić information content (AvgIpc) is 2.58. The van der Waals surface area contributed by atoms with Crippen molar-refractivity contribution < 1.29 is 4.79 Å². The molecule has 5 heteroatoms. The van der Waals surface area contributed by atoms with Gasteiger partial charge in [0, 0.05) is 25.7 Å². The Bertz CT molecular complexity index is 464. The van der Waals surface area contributed by atoms with E-state index in [4.69, 9.17) is 5.73 Å². The first kappa shape index (κ1) is 14.3. The van der Waals surface area contributed by atoms with Crippen molar-refractivity contribution in [1.82, 2.24) is 4.98 Å². The van der Waals surface area contributed by atoms with Crippen molar-refractivity contribution in [2.24, 2.45) is 11.7 Å². The Balaban J connectivity index is 2.06. The Hall–Kier alpha value is -1.10. The lowest BCUT2D eigenvalue weighted by Crippen LogP contribution is -2.26. The third-order valence-corrected chi connectivity index (χ3v) is 4.68. The molecule has 1 atom stereocenters. The van der Waals surface area contributed by atoms with Gasteiger partial charge in [-0.25, -0.2) is 4.98 Å². The van der Waals surface area contributed by atoms with Gasteiger partial charge in [-0.15, -0.1) is 0 Å². The third-order valence-electron chi connectivity index (χ3n) is 3.70. The summed E-state index contributed by atoms with van der Waals surface area (Å²) in [4.78, 5) is 17.8. The summed E-state index contributed by atoms with van der Waals surface area (Å²) in [5.41, 5.74) is 6.49. The molecule has 1 aliphatic rings. The van der Waals surface area contributed by atoms with E-state index in [1.807, 2.05) is 12.3 Å². The lowest BCUT2D eigenvalue weighted by molar-refractivity contribution is -0.118. The van der Waals surface area contributed by atoms with Gasteiger partial charge in [0.2, 0.25) is 5.91 Å². The van der Waals surface area contributed by atoms with Crippen LogP contribution in [0.25, 0.3) is 0 Å². The second kappa shape index (κ2) is 6.37. The monoisotopic (exact) mass is 325 g/mol. The number of carbonyl (C=O) groups excluding carboxylic acids is 1. The fraction of sp³-hybridized carbons (Fsp3) is 0.571. The third kappa shape index (κ3) is 3.69. The predicted octanol–water partition coefficient (Wildman–Crippen LogP) is 2.63. The van der Waals surface area contributed by atoms with Gasteiger partial charge < -0.3 is 10.6 Å². The quantitative estimate of drug-likeness (QED) is 0.929. The molecular formula is C14H20BrN3O. The summed E-state index contributed by atoms with van der Waals surface area (Å²) in [6.07, 6.45) is 5.52. The molecule has 104 valence electrons. The number of aryl methyl sites for hydroxylation is 1. The molecule has 1 amide bonds. The fourth-order valence-electron chi connectivity index (χ4n) is 2.61. The molecule has 19 heavy (non-hydrogen) atoms. The molecule has 1 aromatic rings. The highest BCUT2D eigenvalue weighted by atomic mass is 79.9. The Morgan fingerprint density at radius 1 is 1.53 bits per heavy atom. The van der Waals surface area contributed by atoms with E-state index in [1.165, 1.54) is 5.56 Å². The van der Waals surface area contributed by atoms with E-state index in [0.717, 1.165) is 42.6 Å². The molecular weight excluding hydrogens is 306 g/mol. The summed E-state index contributed by atoms with van der Waals surface area (Å²) in [5, 5.41) is 0. The molecule has 0 aromatic carbocycles. The van der Waals surface area contributed by atoms with Gasteiger partial charge in [-0.2, -0.15) is 0 Å². The number of amides is 1. The first-order valence-corrected chi connectivity index (χ1v) is 7.51. The molecule has 1 aromatic heterocycles. The van der Waals surface area contributed by atoms with Crippen molar-refractivity contribution in [1.29, 1.82) is 0 Å². The second-order valence-electron chi connectivity index (χ2n) is 5.22. The number of aromatic nitrogens is 1. The second-order valence-corrected chi connectivity index (χ2v) is 6.01. The largest absolute Gasteiger partial charge is 0.370 e. The van der Waals surface area contributed by atoms with E-state index in [1.54, 1.807) is 0 Å². The normalized spacial score (nSPS) is 20.1. The van der Waals surface area contributed by atoms with Crippen LogP contribution in [0.2, 0.25) is 0 Å². The molecule has 0 saturated carbocycles. The molecule has 0 aliphatic carbocycles. The number of carbonyl (C=O) groups is 1. The maximum atomic E-state index is 11.0. The molecule has 2 heterocycles. The highest BCUT2D eigenvalue weighted by Crippen LogP contribution is 2.30. The molecule has 0 radical (unpaired) electrons. The number of nitrogens with two attached hydrogens (primary N) is 1. The van der Waals surface area contributed by atoms with Crippen LogP contribution >= 0.6 is 15.9 Å². The Morgan fingerprint density at radius 2 is 2.32 bits per heavy atom. The van der Waals surface area contributed by atoms with Crippen LogP contribution in [-0.2, 0) is 4.79 Å². The molecule has 4 nitrogen and oxygen atoms in total. The van der Waals surface area contributed by atoms with E-state index in [9.17, 15) is 4.79 Å². The minimum atomic E-state index is -0.187. The SMILES string of the molecule is Cc1ccnc(N2CCCC(CC(N)=O)CC2)c1Br. The Morgan fingerprint density at radius 3 is 3.05 bits per heavy atom. The predicted molar refractivity (Wildman–Crippen MR) is 80.0 cm³/mol. The van der Waals surface area contributed by atoms with E-state index in [-0.39, 0.29) is 5.91 Å². The number of hydrogen-bond acceptors (Lipinski definition) is 3. The number of primary amides is 1. The summed E-state index contributed by atoms with van der Waals surface area (Å²) in [6, 6.07) is 2.00. The van der Waals surface area contributed by atoms with Crippen LogP contribution in [0.4, 0.5) is 5.82 Å². The lowest BCUT2D eigenvalue weighted by Gasteiger charge is -2.23. The molecule has 0 bridgehead atoms. The van der Waals surface area contributed by atoms with Crippen molar-refractivity contribution in [3.8, 4) is 0 Å². The molecule has 2 rings (SSSR count). The minimum Gasteiger partial charge on any atom is -0.370 e. The van der Waals surface area contributed by atoms with Crippen LogP contribution in [0, 0.1) is 12.8 Å². The average molecular weight is 326 g/mol. The highest BCUT2D eigenvalue weighted by Gasteiger charge is 2.20. The first-order chi connectivity index (χ1) is 9.08. The zero-order chi connectivity index (χ0) is 13.8. The number of rotatable bonds is 3. The van der Waals surface area contributed by atoms with Crippen molar-refractivity contribution in [2.75, 3.05) is 18.0 Å². The van der Waals surface area contributed by atoms with Gasteiger partial charge in [-0.3, -0.25) is 4.79 Å². The summed E-state index contributed by atoms with van der Waals surface area (Å²) in [6.45, 7) is 4.00. The van der Waals surface area contributed by atoms with Crippen LogP contribution in [-0.4, -0.2) is 24.0 Å². The van der Waals surface area contributed by atoms with Crippen molar-refractivity contribution in [3.63, 3.8) is 0 Å². The van der Waals surface area contributed by atoms with Crippen LogP contribution in [0.3, 0.4) is 0 Å². The number of anilines is 1. The van der Waals surface area contributed by atoms with E-state index < -0.39 is 0 Å². The molecule has 2 N–H and O–H groups in total. The zero-order valence-electron chi connectivity index (χ0n) is 11.2. The summed E-state index contributed by atoms with van der Waals surface area (Å²) in [5.74, 6) is 1.25. The van der Waals surface area contributed by atoms with Crippen LogP contribution < -0.4 is 10.6 Å². The van der Waals surface area contributed by atoms with Crippen molar-refractivity contribution in [3.05, 3.63) is 22.3 Å². The zero-order valence-corrected chi connectivity index (χ0v) is 12.8. The topological polar surface area (TPSA) is 59.2 Å². The van der Waals surface area contributed by atoms with Crippen LogP contribution in [0.5, 0.6) is 0 Å². The van der Waals surface area contributed by atoms with Gasteiger partial charge in [0.1, 0.15) is 5.82 Å². The minimum absolute atomic E-state index is 0.187. The standard InChI is InChI=1S/C14H20BrN3O/c1-10-4-6-17-14(13(10)15)18-7-2-3-11(5-8-18)9-12(16)19/h4,6,11H,2-3,5,7-9H2,1H3,(H2,16,19). The van der Waals surface area contributed by atoms with E-state index in [0.29, 0.717) is 12.3 Å². The lowest BCUT2D eigenvalue weighted by atomic mass is 9.97. The highest BCUT2D eigenvalue weighted by molar-refractivity contribution is 9.10. The first-order valence-electron chi connectivity index (χ1n) is 6.72. The Labute approximate surface area is 122 Å². The van der Waals surface area contributed by atoms with Crippen molar-refractivity contribution >= 4 is 27.7 Å². The molecule has 1 unspecified atom stereocenters.